The van der Waals surface area contributed by atoms with Gasteiger partial charge in [0.15, 0.2) is 11.5 Å². The van der Waals surface area contributed by atoms with E-state index in [9.17, 15) is 4.79 Å². The van der Waals surface area contributed by atoms with Crippen LogP contribution in [-0.2, 0) is 6.61 Å². The number of halogens is 2. The number of ether oxygens (including phenoxy) is 3. The van der Waals surface area contributed by atoms with Gasteiger partial charge in [0.25, 0.3) is 5.91 Å². The number of nitrogens with zero attached hydrogens (tertiary/aromatic N) is 1. The van der Waals surface area contributed by atoms with E-state index >= 15 is 0 Å². The molecule has 0 aliphatic heterocycles. The number of carbonyl (C=O) groups excluding carboxylic acids is 1. The lowest BCUT2D eigenvalue weighted by Crippen LogP contribution is -2.17. The molecule has 0 bridgehead atoms. The molecule has 0 fully saturated rings. The molecule has 33 heavy (non-hydrogen) atoms. The van der Waals surface area contributed by atoms with Crippen molar-refractivity contribution in [2.24, 2.45) is 5.10 Å². The van der Waals surface area contributed by atoms with Crippen LogP contribution in [0.4, 0.5) is 0 Å². The van der Waals surface area contributed by atoms with Crippen LogP contribution in [0, 0.1) is 0 Å². The molecular formula is C25H24BrClN2O4. The molecule has 8 heteroatoms. The Kier molecular flexibility index (Phi) is 9.15. The molecule has 0 aliphatic carbocycles. The number of carbonyl (C=O) groups is 1. The Morgan fingerprint density at radius 3 is 2.58 bits per heavy atom. The van der Waals surface area contributed by atoms with E-state index in [0.717, 1.165) is 17.7 Å². The van der Waals surface area contributed by atoms with Gasteiger partial charge in [-0.05, 0) is 70.4 Å². The van der Waals surface area contributed by atoms with Gasteiger partial charge in [-0.1, -0.05) is 36.7 Å². The van der Waals surface area contributed by atoms with Crippen molar-refractivity contribution in [2.75, 3.05) is 13.7 Å². The summed E-state index contributed by atoms with van der Waals surface area (Å²) in [4.78, 5) is 12.3. The Balaban J connectivity index is 1.64. The van der Waals surface area contributed by atoms with Gasteiger partial charge >= 0.3 is 0 Å². The summed E-state index contributed by atoms with van der Waals surface area (Å²) in [5.74, 6) is 1.47. The highest BCUT2D eigenvalue weighted by Gasteiger charge is 2.12. The third kappa shape index (κ3) is 6.97. The zero-order valence-electron chi connectivity index (χ0n) is 18.3. The molecule has 1 N–H and O–H groups in total. The van der Waals surface area contributed by atoms with Gasteiger partial charge in [0.1, 0.15) is 12.4 Å². The summed E-state index contributed by atoms with van der Waals surface area (Å²) in [7, 11) is 1.56. The van der Waals surface area contributed by atoms with Gasteiger partial charge in [-0.15, -0.1) is 0 Å². The van der Waals surface area contributed by atoms with Crippen molar-refractivity contribution >= 4 is 39.7 Å². The average Bonchev–Trinajstić information content (AvgIpc) is 2.83. The largest absolute Gasteiger partial charge is 0.494 e. The average molecular weight is 532 g/mol. The van der Waals surface area contributed by atoms with Crippen LogP contribution in [0.3, 0.4) is 0 Å². The van der Waals surface area contributed by atoms with Crippen LogP contribution in [0.2, 0.25) is 5.02 Å². The smallest absolute Gasteiger partial charge is 0.271 e. The number of rotatable bonds is 10. The maximum absolute atomic E-state index is 12.3. The minimum absolute atomic E-state index is 0.292. The summed E-state index contributed by atoms with van der Waals surface area (Å²) < 4.78 is 17.6. The van der Waals surface area contributed by atoms with Crippen LogP contribution >= 0.6 is 27.5 Å². The minimum Gasteiger partial charge on any atom is -0.494 e. The number of amides is 1. The van der Waals surface area contributed by atoms with Crippen molar-refractivity contribution < 1.29 is 19.0 Å². The highest BCUT2D eigenvalue weighted by Crippen LogP contribution is 2.37. The normalized spacial score (nSPS) is 10.8. The number of nitrogens with one attached hydrogen (secondary N) is 1. The van der Waals surface area contributed by atoms with Crippen LogP contribution in [-0.4, -0.2) is 25.8 Å². The quantitative estimate of drug-likeness (QED) is 0.248. The van der Waals surface area contributed by atoms with Gasteiger partial charge in [0, 0.05) is 16.1 Å². The molecule has 3 rings (SSSR count). The lowest BCUT2D eigenvalue weighted by molar-refractivity contribution is 0.0955. The van der Waals surface area contributed by atoms with Crippen molar-refractivity contribution in [3.05, 3.63) is 86.8 Å². The molecule has 0 atom stereocenters. The maximum Gasteiger partial charge on any atom is 0.271 e. The molecule has 0 spiro atoms. The Morgan fingerprint density at radius 1 is 1.12 bits per heavy atom. The maximum atomic E-state index is 12.3. The molecule has 1 amide bonds. The van der Waals surface area contributed by atoms with E-state index in [-0.39, 0.29) is 5.91 Å². The van der Waals surface area contributed by atoms with Crippen LogP contribution in [0.15, 0.2) is 70.2 Å². The van der Waals surface area contributed by atoms with Gasteiger partial charge in [0.05, 0.1) is 24.4 Å². The highest BCUT2D eigenvalue weighted by molar-refractivity contribution is 9.10. The first kappa shape index (κ1) is 24.6. The number of hydrogen-bond acceptors (Lipinski definition) is 5. The standard InChI is InChI=1S/C25H24BrClN2O4/c1-3-12-32-20-10-8-18(9-11-20)25(30)29-28-15-17-13-21(26)24(23(14-17)31-2)33-16-19-6-4-5-7-22(19)27/h4-11,13-15H,3,12,16H2,1-2H3,(H,29,30)/b28-15-. The number of benzene rings is 3. The first-order valence-electron chi connectivity index (χ1n) is 10.3. The Morgan fingerprint density at radius 2 is 1.88 bits per heavy atom. The molecule has 3 aromatic rings. The second kappa shape index (κ2) is 12.3. The first-order chi connectivity index (χ1) is 16.0. The molecule has 0 radical (unpaired) electrons. The van der Waals surface area contributed by atoms with Crippen molar-refractivity contribution in [2.45, 2.75) is 20.0 Å². The minimum atomic E-state index is -0.320. The molecule has 172 valence electrons. The number of hydrazone groups is 1. The van der Waals surface area contributed by atoms with Crippen molar-refractivity contribution in [1.29, 1.82) is 0 Å². The third-order valence-electron chi connectivity index (χ3n) is 4.55. The van der Waals surface area contributed by atoms with E-state index in [0.29, 0.717) is 45.3 Å². The molecule has 0 heterocycles. The fourth-order valence-corrected chi connectivity index (χ4v) is 3.64. The summed E-state index contributed by atoms with van der Waals surface area (Å²) in [5, 5.41) is 4.69. The summed E-state index contributed by atoms with van der Waals surface area (Å²) in [6, 6.07) is 18.0. The molecule has 0 saturated heterocycles. The van der Waals surface area contributed by atoms with Gasteiger partial charge in [-0.25, -0.2) is 5.43 Å². The number of methoxy groups -OCH3 is 1. The Bertz CT molecular complexity index is 1120. The van der Waals surface area contributed by atoms with E-state index in [2.05, 4.69) is 26.5 Å². The van der Waals surface area contributed by atoms with Crippen molar-refractivity contribution in [3.8, 4) is 17.2 Å². The number of hydrogen-bond donors (Lipinski definition) is 1. The summed E-state index contributed by atoms with van der Waals surface area (Å²) in [6.45, 7) is 2.97. The zero-order chi connectivity index (χ0) is 23.6. The van der Waals surface area contributed by atoms with Gasteiger partial charge < -0.3 is 14.2 Å². The Hall–Kier alpha value is -3.03. The predicted molar refractivity (Wildman–Crippen MR) is 134 cm³/mol. The molecule has 3 aromatic carbocycles. The van der Waals surface area contributed by atoms with Crippen LogP contribution in [0.25, 0.3) is 0 Å². The van der Waals surface area contributed by atoms with E-state index in [4.69, 9.17) is 25.8 Å². The monoisotopic (exact) mass is 530 g/mol. The molecule has 0 aromatic heterocycles. The highest BCUT2D eigenvalue weighted by atomic mass is 79.9. The van der Waals surface area contributed by atoms with E-state index in [1.165, 1.54) is 6.21 Å². The van der Waals surface area contributed by atoms with E-state index in [1.54, 1.807) is 37.4 Å². The second-order valence-electron chi connectivity index (χ2n) is 6.99. The van der Waals surface area contributed by atoms with Crippen LogP contribution in [0.5, 0.6) is 17.2 Å². The molecule has 0 aliphatic rings. The first-order valence-corrected chi connectivity index (χ1v) is 11.5. The third-order valence-corrected chi connectivity index (χ3v) is 5.51. The molecule has 6 nitrogen and oxygen atoms in total. The zero-order valence-corrected chi connectivity index (χ0v) is 20.7. The molecule has 0 saturated carbocycles. The SMILES string of the molecule is CCCOc1ccc(C(=O)N/N=C\c2cc(Br)c(OCc3ccccc3Cl)c(OC)c2)cc1. The van der Waals surface area contributed by atoms with Crippen LogP contribution < -0.4 is 19.6 Å². The predicted octanol–water partition coefficient (Wildman–Crippen LogP) is 6.24. The van der Waals surface area contributed by atoms with Crippen molar-refractivity contribution in [1.82, 2.24) is 5.43 Å². The topological polar surface area (TPSA) is 69.2 Å². The lowest BCUT2D eigenvalue weighted by atomic mass is 10.2. The lowest BCUT2D eigenvalue weighted by Gasteiger charge is -2.14. The van der Waals surface area contributed by atoms with Crippen LogP contribution in [0.1, 0.15) is 34.8 Å². The Labute approximate surface area is 206 Å². The van der Waals surface area contributed by atoms with E-state index < -0.39 is 0 Å². The van der Waals surface area contributed by atoms with E-state index in [1.807, 2.05) is 37.3 Å². The van der Waals surface area contributed by atoms with Gasteiger partial charge in [0.2, 0.25) is 0 Å². The summed E-state index contributed by atoms with van der Waals surface area (Å²) in [5.41, 5.74) is 4.59. The second-order valence-corrected chi connectivity index (χ2v) is 8.25. The molecule has 0 unspecified atom stereocenters. The van der Waals surface area contributed by atoms with Gasteiger partial charge in [-0.3, -0.25) is 4.79 Å². The molecular weight excluding hydrogens is 508 g/mol. The summed E-state index contributed by atoms with van der Waals surface area (Å²) in [6.07, 6.45) is 2.45. The fourth-order valence-electron chi connectivity index (χ4n) is 2.87. The fraction of sp³-hybridized carbons (Fsp3) is 0.200. The summed E-state index contributed by atoms with van der Waals surface area (Å²) >= 11 is 9.72. The van der Waals surface area contributed by atoms with Gasteiger partial charge in [-0.2, -0.15) is 5.10 Å². The van der Waals surface area contributed by atoms with Crippen molar-refractivity contribution in [3.63, 3.8) is 0 Å².